The summed E-state index contributed by atoms with van der Waals surface area (Å²) in [5.41, 5.74) is 8.52. The summed E-state index contributed by atoms with van der Waals surface area (Å²) < 4.78 is 2.29. The van der Waals surface area contributed by atoms with Gasteiger partial charge in [-0.2, -0.15) is 0 Å². The van der Waals surface area contributed by atoms with Crippen molar-refractivity contribution in [3.05, 3.63) is 42.7 Å². The van der Waals surface area contributed by atoms with Crippen molar-refractivity contribution in [3.63, 3.8) is 0 Å². The van der Waals surface area contributed by atoms with E-state index in [9.17, 15) is 0 Å². The zero-order valence-corrected chi connectivity index (χ0v) is 11.2. The highest BCUT2D eigenvalue weighted by Gasteiger charge is 2.21. The summed E-state index contributed by atoms with van der Waals surface area (Å²) in [5.74, 6) is 0.761. The first-order valence-electron chi connectivity index (χ1n) is 7.01. The molecule has 0 unspecified atom stereocenters. The second kappa shape index (κ2) is 4.34. The molecule has 0 atom stereocenters. The van der Waals surface area contributed by atoms with Crippen LogP contribution >= 0.6 is 0 Å². The van der Waals surface area contributed by atoms with Crippen molar-refractivity contribution in [2.75, 3.05) is 5.73 Å². The van der Waals surface area contributed by atoms with E-state index < -0.39 is 0 Å². The number of hydrogen-bond donors (Lipinski definition) is 1. The molecule has 0 bridgehead atoms. The van der Waals surface area contributed by atoms with E-state index in [1.54, 1.807) is 0 Å². The Hall–Kier alpha value is -2.36. The number of rotatable bonds is 2. The Morgan fingerprint density at radius 1 is 1.10 bits per heavy atom. The number of nitrogen functional groups attached to an aromatic ring is 1. The van der Waals surface area contributed by atoms with Gasteiger partial charge in [0.15, 0.2) is 5.82 Å². The Balaban J connectivity index is 1.82. The maximum absolute atomic E-state index is 5.72. The number of anilines is 1. The summed E-state index contributed by atoms with van der Waals surface area (Å²) >= 11 is 0. The average Bonchev–Trinajstić information content (AvgIpc) is 2.81. The van der Waals surface area contributed by atoms with Crippen LogP contribution in [-0.4, -0.2) is 14.5 Å². The van der Waals surface area contributed by atoms with Gasteiger partial charge in [-0.1, -0.05) is 0 Å². The third-order valence-electron chi connectivity index (χ3n) is 4.09. The number of aromatic nitrogens is 3. The molecule has 3 aromatic rings. The van der Waals surface area contributed by atoms with Crippen molar-refractivity contribution < 1.29 is 0 Å². The first-order valence-corrected chi connectivity index (χ1v) is 7.01. The van der Waals surface area contributed by atoms with E-state index in [0.717, 1.165) is 28.1 Å². The quantitative estimate of drug-likeness (QED) is 0.722. The van der Waals surface area contributed by atoms with Gasteiger partial charge < -0.3 is 10.3 Å². The Bertz CT molecular complexity index is 754. The van der Waals surface area contributed by atoms with Crippen molar-refractivity contribution in [1.82, 2.24) is 14.5 Å². The number of hydrogen-bond acceptors (Lipinski definition) is 3. The molecule has 0 saturated heterocycles. The van der Waals surface area contributed by atoms with Crippen LogP contribution in [-0.2, 0) is 0 Å². The topological polar surface area (TPSA) is 56.7 Å². The first-order chi connectivity index (χ1) is 9.81. The van der Waals surface area contributed by atoms with Crippen molar-refractivity contribution in [1.29, 1.82) is 0 Å². The van der Waals surface area contributed by atoms with Crippen molar-refractivity contribution in [3.8, 4) is 11.4 Å². The molecule has 4 heteroatoms. The molecule has 0 amide bonds. The summed E-state index contributed by atoms with van der Waals surface area (Å²) in [6.45, 7) is 0. The van der Waals surface area contributed by atoms with Gasteiger partial charge in [0.25, 0.3) is 0 Å². The zero-order valence-electron chi connectivity index (χ0n) is 11.2. The smallest absolute Gasteiger partial charge is 0.161 e. The fraction of sp³-hybridized carbons (Fsp3) is 0.250. The molecule has 1 aliphatic carbocycles. The molecule has 100 valence electrons. The molecule has 0 radical (unpaired) electrons. The van der Waals surface area contributed by atoms with E-state index in [0.29, 0.717) is 6.04 Å². The molecule has 0 spiro atoms. The van der Waals surface area contributed by atoms with Gasteiger partial charge in [0, 0.05) is 35.1 Å². The van der Waals surface area contributed by atoms with Gasteiger partial charge in [0.2, 0.25) is 0 Å². The van der Waals surface area contributed by atoms with Crippen LogP contribution in [0.25, 0.3) is 22.4 Å². The highest BCUT2D eigenvalue weighted by atomic mass is 15.1. The highest BCUT2D eigenvalue weighted by molar-refractivity contribution is 5.77. The van der Waals surface area contributed by atoms with Gasteiger partial charge in [-0.05, 0) is 49.6 Å². The van der Waals surface area contributed by atoms with E-state index in [1.165, 1.54) is 19.3 Å². The van der Waals surface area contributed by atoms with Gasteiger partial charge in [0.1, 0.15) is 5.65 Å². The minimum Gasteiger partial charge on any atom is -0.399 e. The Labute approximate surface area is 117 Å². The van der Waals surface area contributed by atoms with Gasteiger partial charge in [0.05, 0.1) is 0 Å². The van der Waals surface area contributed by atoms with Crippen LogP contribution in [0.3, 0.4) is 0 Å². The zero-order chi connectivity index (χ0) is 13.5. The molecule has 2 heterocycles. The van der Waals surface area contributed by atoms with Crippen LogP contribution in [0.4, 0.5) is 5.69 Å². The molecular formula is C16H16N4. The molecule has 1 fully saturated rings. The van der Waals surface area contributed by atoms with Crippen LogP contribution in [0.15, 0.2) is 42.7 Å². The van der Waals surface area contributed by atoms with E-state index in [-0.39, 0.29) is 0 Å². The van der Waals surface area contributed by atoms with E-state index in [4.69, 9.17) is 10.7 Å². The number of nitrogens with zero attached hydrogens (tertiary/aromatic N) is 3. The molecule has 0 aliphatic heterocycles. The lowest BCUT2D eigenvalue weighted by molar-refractivity contribution is 0.320. The Kier molecular flexibility index (Phi) is 2.49. The predicted octanol–water partition coefficient (Wildman–Crippen LogP) is 3.41. The highest BCUT2D eigenvalue weighted by Crippen LogP contribution is 2.34. The molecule has 2 aromatic heterocycles. The van der Waals surface area contributed by atoms with Crippen molar-refractivity contribution in [2.24, 2.45) is 0 Å². The van der Waals surface area contributed by atoms with E-state index >= 15 is 0 Å². The van der Waals surface area contributed by atoms with Gasteiger partial charge in [-0.3, -0.25) is 0 Å². The van der Waals surface area contributed by atoms with Crippen molar-refractivity contribution in [2.45, 2.75) is 25.3 Å². The van der Waals surface area contributed by atoms with Crippen LogP contribution < -0.4 is 5.73 Å². The van der Waals surface area contributed by atoms with Gasteiger partial charge >= 0.3 is 0 Å². The molecule has 4 nitrogen and oxygen atoms in total. The molecule has 2 N–H and O–H groups in total. The minimum absolute atomic E-state index is 0.613. The SMILES string of the molecule is Nc1ccc(-c2ncc3ccn(C4CCC4)c3n2)cc1. The van der Waals surface area contributed by atoms with E-state index in [2.05, 4.69) is 21.8 Å². The number of fused-ring (bicyclic) bond motifs is 1. The Morgan fingerprint density at radius 2 is 1.90 bits per heavy atom. The lowest BCUT2D eigenvalue weighted by atomic mass is 9.93. The van der Waals surface area contributed by atoms with Gasteiger partial charge in [-0.15, -0.1) is 0 Å². The summed E-state index contributed by atoms with van der Waals surface area (Å²) in [7, 11) is 0. The van der Waals surface area contributed by atoms with Crippen molar-refractivity contribution >= 4 is 16.7 Å². The summed E-state index contributed by atoms with van der Waals surface area (Å²) in [6, 6.07) is 10.4. The summed E-state index contributed by atoms with van der Waals surface area (Å²) in [5, 5.41) is 1.11. The number of benzene rings is 1. The molecule has 4 rings (SSSR count). The lowest BCUT2D eigenvalue weighted by Gasteiger charge is -2.27. The first kappa shape index (κ1) is 11.5. The van der Waals surface area contributed by atoms with E-state index in [1.807, 2.05) is 30.5 Å². The van der Waals surface area contributed by atoms with Crippen LogP contribution in [0.5, 0.6) is 0 Å². The second-order valence-corrected chi connectivity index (χ2v) is 5.40. The monoisotopic (exact) mass is 264 g/mol. The van der Waals surface area contributed by atoms with Crippen LogP contribution in [0.2, 0.25) is 0 Å². The molecule has 1 saturated carbocycles. The summed E-state index contributed by atoms with van der Waals surface area (Å²) in [4.78, 5) is 9.21. The maximum Gasteiger partial charge on any atom is 0.161 e. The molecule has 20 heavy (non-hydrogen) atoms. The average molecular weight is 264 g/mol. The fourth-order valence-corrected chi connectivity index (χ4v) is 2.67. The lowest BCUT2D eigenvalue weighted by Crippen LogP contribution is -2.16. The largest absolute Gasteiger partial charge is 0.399 e. The molecule has 1 aromatic carbocycles. The number of nitrogens with two attached hydrogens (primary N) is 1. The third kappa shape index (κ3) is 1.76. The molecule has 1 aliphatic rings. The second-order valence-electron chi connectivity index (χ2n) is 5.40. The minimum atomic E-state index is 0.613. The normalized spacial score (nSPS) is 15.4. The van der Waals surface area contributed by atoms with Gasteiger partial charge in [-0.25, -0.2) is 9.97 Å². The Morgan fingerprint density at radius 3 is 2.60 bits per heavy atom. The molecular weight excluding hydrogens is 248 g/mol. The predicted molar refractivity (Wildman–Crippen MR) is 80.3 cm³/mol. The summed E-state index contributed by atoms with van der Waals surface area (Å²) in [6.07, 6.45) is 7.87. The standard InChI is InChI=1S/C16H16N4/c17-13-6-4-11(5-7-13)15-18-10-12-8-9-20(16(12)19-15)14-2-1-3-14/h4-10,14H,1-3,17H2. The maximum atomic E-state index is 5.72. The third-order valence-corrected chi connectivity index (χ3v) is 4.09. The van der Waals surface area contributed by atoms with Crippen LogP contribution in [0, 0.1) is 0 Å². The fourth-order valence-electron chi connectivity index (χ4n) is 2.67. The van der Waals surface area contributed by atoms with Crippen LogP contribution in [0.1, 0.15) is 25.3 Å².